The minimum Gasteiger partial charge on any atom is -0.386 e. The average molecular weight is 421 g/mol. The number of hydrogen-bond donors (Lipinski definition) is 2. The van der Waals surface area contributed by atoms with E-state index in [1.165, 1.54) is 0 Å². The number of carbonyl (C=O) groups is 2. The maximum atomic E-state index is 12.8. The Bertz CT molecular complexity index is 1120. The van der Waals surface area contributed by atoms with E-state index in [1.54, 1.807) is 26.0 Å². The zero-order chi connectivity index (χ0) is 22.2. The summed E-state index contributed by atoms with van der Waals surface area (Å²) in [7, 11) is 0. The first kappa shape index (κ1) is 21.2. The fraction of sp³-hybridized carbons (Fsp3) is 0.417. The van der Waals surface area contributed by atoms with E-state index < -0.39 is 5.60 Å². The highest BCUT2D eigenvalue weighted by molar-refractivity contribution is 6.04. The minimum absolute atomic E-state index is 0.153. The quantitative estimate of drug-likeness (QED) is 0.605. The molecule has 1 aromatic carbocycles. The van der Waals surface area contributed by atoms with Crippen molar-refractivity contribution in [2.45, 2.75) is 58.1 Å². The number of amides is 1. The van der Waals surface area contributed by atoms with Gasteiger partial charge in [-0.2, -0.15) is 5.10 Å². The van der Waals surface area contributed by atoms with Crippen LogP contribution in [0.2, 0.25) is 0 Å². The van der Waals surface area contributed by atoms with Gasteiger partial charge in [0.25, 0.3) is 5.91 Å². The van der Waals surface area contributed by atoms with E-state index in [-0.39, 0.29) is 17.9 Å². The van der Waals surface area contributed by atoms with Crippen LogP contribution in [0.4, 0.5) is 5.69 Å². The predicted octanol–water partition coefficient (Wildman–Crippen LogP) is 4.15. The number of fused-ring (bicyclic) bond motifs is 1. The van der Waals surface area contributed by atoms with Crippen LogP contribution in [0.1, 0.15) is 67.3 Å². The second-order valence-corrected chi connectivity index (χ2v) is 8.95. The zero-order valence-electron chi connectivity index (χ0n) is 18.1. The molecule has 31 heavy (non-hydrogen) atoms. The van der Waals surface area contributed by atoms with Gasteiger partial charge in [0.2, 0.25) is 0 Å². The van der Waals surface area contributed by atoms with Gasteiger partial charge < -0.3 is 15.2 Å². The van der Waals surface area contributed by atoms with Crippen molar-refractivity contribution in [2.24, 2.45) is 5.92 Å². The van der Waals surface area contributed by atoms with E-state index in [4.69, 9.17) is 5.10 Å². The molecule has 1 amide bonds. The van der Waals surface area contributed by atoms with Crippen molar-refractivity contribution in [3.05, 3.63) is 53.5 Å². The number of anilines is 1. The van der Waals surface area contributed by atoms with Gasteiger partial charge in [-0.25, -0.2) is 4.98 Å². The summed E-state index contributed by atoms with van der Waals surface area (Å²) >= 11 is 0. The number of hydrogen-bond acceptors (Lipinski definition) is 5. The molecule has 2 heterocycles. The lowest BCUT2D eigenvalue weighted by atomic mass is 9.87. The number of nitrogens with zero attached hydrogens (tertiary/aromatic N) is 3. The second kappa shape index (κ2) is 8.23. The van der Waals surface area contributed by atoms with Crippen molar-refractivity contribution in [1.82, 2.24) is 14.8 Å². The van der Waals surface area contributed by atoms with E-state index in [0.29, 0.717) is 16.9 Å². The van der Waals surface area contributed by atoms with Crippen molar-refractivity contribution in [3.8, 4) is 0 Å². The summed E-state index contributed by atoms with van der Waals surface area (Å²) in [5.41, 5.74) is 1.82. The monoisotopic (exact) mass is 420 g/mol. The zero-order valence-corrected chi connectivity index (χ0v) is 18.1. The molecule has 0 spiro atoms. The Hall–Kier alpha value is -3.06. The third kappa shape index (κ3) is 4.51. The molecule has 4 rings (SSSR count). The van der Waals surface area contributed by atoms with E-state index in [9.17, 15) is 14.7 Å². The van der Waals surface area contributed by atoms with E-state index in [2.05, 4.69) is 10.3 Å². The molecule has 0 bridgehead atoms. The lowest BCUT2D eigenvalue weighted by molar-refractivity contribution is -0.112. The molecule has 1 fully saturated rings. The van der Waals surface area contributed by atoms with E-state index in [0.717, 1.165) is 48.6 Å². The Morgan fingerprint density at radius 1 is 1.23 bits per heavy atom. The van der Waals surface area contributed by atoms with Crippen LogP contribution in [0.3, 0.4) is 0 Å². The maximum absolute atomic E-state index is 12.8. The molecule has 0 atom stereocenters. The summed E-state index contributed by atoms with van der Waals surface area (Å²) in [6.45, 7) is 5.21. The highest BCUT2D eigenvalue weighted by Gasteiger charge is 2.26. The number of benzene rings is 1. The molecule has 162 valence electrons. The first-order chi connectivity index (χ1) is 14.7. The van der Waals surface area contributed by atoms with E-state index >= 15 is 0 Å². The Kier molecular flexibility index (Phi) is 5.62. The highest BCUT2D eigenvalue weighted by Crippen LogP contribution is 2.35. The molecule has 2 aromatic heterocycles. The van der Waals surface area contributed by atoms with Crippen LogP contribution < -0.4 is 5.32 Å². The Morgan fingerprint density at radius 3 is 2.61 bits per heavy atom. The topological polar surface area (TPSA) is 97.1 Å². The van der Waals surface area contributed by atoms with Gasteiger partial charge in [0.15, 0.2) is 0 Å². The van der Waals surface area contributed by atoms with Gasteiger partial charge in [-0.3, -0.25) is 9.48 Å². The molecule has 3 aromatic rings. The number of carbonyl (C=O) groups excluding carboxylic acids is 2. The van der Waals surface area contributed by atoms with Gasteiger partial charge in [0.05, 0.1) is 17.2 Å². The first-order valence-electron chi connectivity index (χ1n) is 10.7. The highest BCUT2D eigenvalue weighted by atomic mass is 16.3. The van der Waals surface area contributed by atoms with Crippen LogP contribution >= 0.6 is 0 Å². The third-order valence-corrected chi connectivity index (χ3v) is 6.00. The molecule has 1 saturated carbocycles. The summed E-state index contributed by atoms with van der Waals surface area (Å²) in [5.74, 6) is -0.173. The fourth-order valence-electron chi connectivity index (χ4n) is 4.25. The van der Waals surface area contributed by atoms with Gasteiger partial charge in [-0.1, -0.05) is 6.07 Å². The summed E-state index contributed by atoms with van der Waals surface area (Å²) in [4.78, 5) is 28.1. The smallest absolute Gasteiger partial charge is 0.274 e. The van der Waals surface area contributed by atoms with Crippen LogP contribution in [0.5, 0.6) is 0 Å². The minimum atomic E-state index is -1.16. The molecule has 1 aliphatic carbocycles. The normalized spacial score (nSPS) is 19.4. The van der Waals surface area contributed by atoms with Crippen LogP contribution in [0.15, 0.2) is 36.5 Å². The molecule has 2 N–H and O–H groups in total. The lowest BCUT2D eigenvalue weighted by Crippen LogP contribution is -2.21. The fourth-order valence-corrected chi connectivity index (χ4v) is 4.25. The van der Waals surface area contributed by atoms with Gasteiger partial charge in [-0.15, -0.1) is 0 Å². The molecule has 0 radical (unpaired) electrons. The van der Waals surface area contributed by atoms with E-state index in [1.807, 2.05) is 36.0 Å². The number of aryl methyl sites for hydroxylation is 1. The number of pyridine rings is 1. The van der Waals surface area contributed by atoms with Gasteiger partial charge in [0.1, 0.15) is 12.0 Å². The molecular formula is C24H28N4O3. The molecule has 1 aliphatic rings. The van der Waals surface area contributed by atoms with Crippen molar-refractivity contribution in [1.29, 1.82) is 0 Å². The molecule has 0 unspecified atom stereocenters. The SMILES string of the molecule is Cc1cccc(C(=O)Nc2cc3cn([C@H]4CC[C@H](C=O)CC4)nc3cc2C(C)(C)O)n1. The second-order valence-electron chi connectivity index (χ2n) is 8.95. The number of nitrogens with one attached hydrogen (secondary N) is 1. The van der Waals surface area contributed by atoms with Crippen LogP contribution in [-0.4, -0.2) is 32.1 Å². The Labute approximate surface area is 181 Å². The summed E-state index contributed by atoms with van der Waals surface area (Å²) in [5, 5.41) is 19.3. The first-order valence-corrected chi connectivity index (χ1v) is 10.7. The molecule has 0 saturated heterocycles. The van der Waals surface area contributed by atoms with Crippen LogP contribution in [-0.2, 0) is 10.4 Å². The summed E-state index contributed by atoms with van der Waals surface area (Å²) < 4.78 is 1.97. The number of aldehydes is 1. The van der Waals surface area contributed by atoms with Gasteiger partial charge in [0, 0.05) is 34.4 Å². The molecular weight excluding hydrogens is 392 g/mol. The Morgan fingerprint density at radius 2 is 1.97 bits per heavy atom. The maximum Gasteiger partial charge on any atom is 0.274 e. The van der Waals surface area contributed by atoms with Gasteiger partial charge in [-0.05, 0) is 70.7 Å². The van der Waals surface area contributed by atoms with Crippen molar-refractivity contribution < 1.29 is 14.7 Å². The number of rotatable bonds is 5. The van der Waals surface area contributed by atoms with Crippen LogP contribution in [0.25, 0.3) is 10.9 Å². The lowest BCUT2D eigenvalue weighted by Gasteiger charge is -2.25. The number of aromatic nitrogens is 3. The van der Waals surface area contributed by atoms with Gasteiger partial charge >= 0.3 is 0 Å². The van der Waals surface area contributed by atoms with Crippen molar-refractivity contribution in [2.75, 3.05) is 5.32 Å². The van der Waals surface area contributed by atoms with Crippen LogP contribution in [0, 0.1) is 12.8 Å². The largest absolute Gasteiger partial charge is 0.386 e. The number of aliphatic hydroxyl groups is 1. The summed E-state index contributed by atoms with van der Waals surface area (Å²) in [6, 6.07) is 9.24. The Balaban J connectivity index is 1.67. The van der Waals surface area contributed by atoms with Crippen molar-refractivity contribution >= 4 is 28.8 Å². The molecule has 0 aliphatic heterocycles. The van der Waals surface area contributed by atoms with Crippen molar-refractivity contribution in [3.63, 3.8) is 0 Å². The summed E-state index contributed by atoms with van der Waals surface area (Å²) in [6.07, 6.45) is 6.63. The third-order valence-electron chi connectivity index (χ3n) is 6.00. The molecule has 7 heteroatoms. The average Bonchev–Trinajstić information content (AvgIpc) is 3.15. The predicted molar refractivity (Wildman–Crippen MR) is 119 cm³/mol. The standard InChI is InChI=1S/C24H28N4O3/c1-15-5-4-6-20(25-15)23(30)26-22-11-17-13-28(18-9-7-16(14-29)8-10-18)27-21(17)12-19(22)24(2,3)31/h4-6,11-14,16,18,31H,7-10H2,1-3H3,(H,26,30)/t16-,18-. The molecule has 7 nitrogen and oxygen atoms in total.